The van der Waals surface area contributed by atoms with E-state index in [9.17, 15) is 14.3 Å². The quantitative estimate of drug-likeness (QED) is 0.758. The van der Waals surface area contributed by atoms with Crippen molar-refractivity contribution >= 4 is 16.9 Å². The molecule has 0 spiro atoms. The number of amides is 1. The number of nitrogens with zero attached hydrogens (tertiary/aromatic N) is 3. The first kappa shape index (κ1) is 14.6. The van der Waals surface area contributed by atoms with Crippen molar-refractivity contribution < 1.29 is 14.3 Å². The van der Waals surface area contributed by atoms with Gasteiger partial charge in [0.05, 0.1) is 17.1 Å². The zero-order chi connectivity index (χ0) is 16.7. The second kappa shape index (κ2) is 5.59. The SMILES string of the molecule is O=C(c1ncccc1O)N1CCCC1c1nc2ccc(F)cc2[nH]1. The molecule has 1 unspecified atom stereocenters. The van der Waals surface area contributed by atoms with Crippen LogP contribution >= 0.6 is 0 Å². The van der Waals surface area contributed by atoms with Gasteiger partial charge in [0.15, 0.2) is 5.69 Å². The molecule has 0 bridgehead atoms. The summed E-state index contributed by atoms with van der Waals surface area (Å²) in [5.74, 6) is -0.186. The van der Waals surface area contributed by atoms with Crippen molar-refractivity contribution in [2.45, 2.75) is 18.9 Å². The number of imidazole rings is 1. The molecule has 6 nitrogen and oxygen atoms in total. The maximum absolute atomic E-state index is 13.3. The van der Waals surface area contributed by atoms with E-state index in [1.54, 1.807) is 17.0 Å². The highest BCUT2D eigenvalue weighted by atomic mass is 19.1. The van der Waals surface area contributed by atoms with Crippen molar-refractivity contribution in [2.24, 2.45) is 0 Å². The lowest BCUT2D eigenvalue weighted by atomic mass is 10.2. The van der Waals surface area contributed by atoms with Gasteiger partial charge in [-0.15, -0.1) is 0 Å². The molecule has 2 N–H and O–H groups in total. The molecule has 3 aromatic rings. The molecule has 24 heavy (non-hydrogen) atoms. The number of pyridine rings is 1. The number of likely N-dealkylation sites (tertiary alicyclic amines) is 1. The number of hydrogen-bond acceptors (Lipinski definition) is 4. The number of aromatic nitrogens is 3. The summed E-state index contributed by atoms with van der Waals surface area (Å²) in [7, 11) is 0. The van der Waals surface area contributed by atoms with Crippen LogP contribution < -0.4 is 0 Å². The second-order valence-electron chi connectivity index (χ2n) is 5.81. The molecule has 1 saturated heterocycles. The molecule has 1 aromatic carbocycles. The van der Waals surface area contributed by atoms with E-state index in [0.717, 1.165) is 12.8 Å². The lowest BCUT2D eigenvalue weighted by Gasteiger charge is -2.23. The van der Waals surface area contributed by atoms with Gasteiger partial charge in [0.2, 0.25) is 0 Å². The average molecular weight is 326 g/mol. The number of benzene rings is 1. The molecule has 122 valence electrons. The van der Waals surface area contributed by atoms with Gasteiger partial charge in [-0.1, -0.05) is 0 Å². The van der Waals surface area contributed by atoms with E-state index >= 15 is 0 Å². The zero-order valence-corrected chi connectivity index (χ0v) is 12.7. The standard InChI is InChI=1S/C17H15FN4O2/c18-10-5-6-11-12(9-10)21-16(20-11)13-3-2-8-22(13)17(24)15-14(23)4-1-7-19-15/h1,4-7,9,13,23H,2-3,8H2,(H,20,21). The number of H-pyrrole nitrogens is 1. The van der Waals surface area contributed by atoms with Crippen molar-refractivity contribution in [2.75, 3.05) is 6.54 Å². The predicted octanol–water partition coefficient (Wildman–Crippen LogP) is 2.78. The van der Waals surface area contributed by atoms with Crippen LogP contribution in [-0.4, -0.2) is 37.4 Å². The Morgan fingerprint density at radius 1 is 1.38 bits per heavy atom. The molecule has 0 radical (unpaired) electrons. The maximum atomic E-state index is 13.3. The summed E-state index contributed by atoms with van der Waals surface area (Å²) < 4.78 is 13.3. The molecule has 2 aromatic heterocycles. The van der Waals surface area contributed by atoms with E-state index in [2.05, 4.69) is 15.0 Å². The van der Waals surface area contributed by atoms with Crippen molar-refractivity contribution in [3.05, 3.63) is 53.9 Å². The molecule has 7 heteroatoms. The van der Waals surface area contributed by atoms with Crippen molar-refractivity contribution in [1.82, 2.24) is 19.9 Å². The largest absolute Gasteiger partial charge is 0.505 e. The second-order valence-corrected chi connectivity index (χ2v) is 5.81. The van der Waals surface area contributed by atoms with Gasteiger partial charge in [0, 0.05) is 12.7 Å². The van der Waals surface area contributed by atoms with E-state index < -0.39 is 0 Å². The number of carbonyl (C=O) groups excluding carboxylic acids is 1. The number of aromatic amines is 1. The molecule has 1 amide bonds. The van der Waals surface area contributed by atoms with Gasteiger partial charge in [-0.2, -0.15) is 0 Å². The fourth-order valence-electron chi connectivity index (χ4n) is 3.15. The van der Waals surface area contributed by atoms with Gasteiger partial charge in [-0.3, -0.25) is 4.79 Å². The molecule has 3 heterocycles. The van der Waals surface area contributed by atoms with Gasteiger partial charge >= 0.3 is 0 Å². The van der Waals surface area contributed by atoms with Gasteiger partial charge in [-0.25, -0.2) is 14.4 Å². The molecule has 1 fully saturated rings. The number of hydrogen-bond donors (Lipinski definition) is 2. The topological polar surface area (TPSA) is 82.1 Å². The summed E-state index contributed by atoms with van der Waals surface area (Å²) >= 11 is 0. The van der Waals surface area contributed by atoms with Gasteiger partial charge in [-0.05, 0) is 43.2 Å². The third-order valence-electron chi connectivity index (χ3n) is 4.28. The van der Waals surface area contributed by atoms with E-state index in [-0.39, 0.29) is 29.2 Å². The van der Waals surface area contributed by atoms with Crippen LogP contribution in [0.15, 0.2) is 36.5 Å². The Labute approximate surface area is 137 Å². The fraction of sp³-hybridized carbons (Fsp3) is 0.235. The van der Waals surface area contributed by atoms with Crippen LogP contribution in [0.1, 0.15) is 35.2 Å². The van der Waals surface area contributed by atoms with Gasteiger partial charge in [0.25, 0.3) is 5.91 Å². The predicted molar refractivity (Wildman–Crippen MR) is 85.0 cm³/mol. The Morgan fingerprint density at radius 3 is 3.08 bits per heavy atom. The Hall–Kier alpha value is -2.96. The molecule has 0 saturated carbocycles. The molecular weight excluding hydrogens is 311 g/mol. The first-order chi connectivity index (χ1) is 11.6. The monoisotopic (exact) mass is 326 g/mol. The van der Waals surface area contributed by atoms with Crippen LogP contribution in [0.5, 0.6) is 5.75 Å². The van der Waals surface area contributed by atoms with Crippen LogP contribution in [0.2, 0.25) is 0 Å². The molecular formula is C17H15FN4O2. The first-order valence-electron chi connectivity index (χ1n) is 7.73. The van der Waals surface area contributed by atoms with Crippen LogP contribution in [-0.2, 0) is 0 Å². The van der Waals surface area contributed by atoms with E-state index in [1.807, 2.05) is 0 Å². The Balaban J connectivity index is 1.69. The lowest BCUT2D eigenvalue weighted by Crippen LogP contribution is -2.31. The summed E-state index contributed by atoms with van der Waals surface area (Å²) in [6, 6.07) is 7.12. The normalized spacial score (nSPS) is 17.5. The average Bonchev–Trinajstić information content (AvgIpc) is 3.20. The zero-order valence-electron chi connectivity index (χ0n) is 12.7. The van der Waals surface area contributed by atoms with Crippen LogP contribution in [0.4, 0.5) is 4.39 Å². The highest BCUT2D eigenvalue weighted by Gasteiger charge is 2.34. The maximum Gasteiger partial charge on any atom is 0.276 e. The van der Waals surface area contributed by atoms with E-state index in [0.29, 0.717) is 23.4 Å². The smallest absolute Gasteiger partial charge is 0.276 e. The minimum Gasteiger partial charge on any atom is -0.505 e. The Kier molecular flexibility index (Phi) is 3.41. The number of carbonyl (C=O) groups is 1. The molecule has 1 aliphatic rings. The fourth-order valence-corrected chi connectivity index (χ4v) is 3.15. The number of rotatable bonds is 2. The summed E-state index contributed by atoms with van der Waals surface area (Å²) in [5.41, 5.74) is 1.29. The first-order valence-corrected chi connectivity index (χ1v) is 7.73. The van der Waals surface area contributed by atoms with Crippen molar-refractivity contribution in [3.8, 4) is 5.75 Å². The molecule has 4 rings (SSSR count). The molecule has 0 aliphatic carbocycles. The summed E-state index contributed by atoms with van der Waals surface area (Å²) in [6.45, 7) is 0.560. The van der Waals surface area contributed by atoms with Gasteiger partial charge < -0.3 is 15.0 Å². The van der Waals surface area contributed by atoms with Gasteiger partial charge in [0.1, 0.15) is 17.4 Å². The summed E-state index contributed by atoms with van der Waals surface area (Å²) in [5, 5.41) is 9.87. The van der Waals surface area contributed by atoms with Crippen molar-refractivity contribution in [1.29, 1.82) is 0 Å². The Bertz CT molecular complexity index is 924. The lowest BCUT2D eigenvalue weighted by molar-refractivity contribution is 0.0721. The third kappa shape index (κ3) is 2.38. The van der Waals surface area contributed by atoms with Crippen LogP contribution in [0.3, 0.4) is 0 Å². The van der Waals surface area contributed by atoms with Crippen molar-refractivity contribution in [3.63, 3.8) is 0 Å². The highest BCUT2D eigenvalue weighted by molar-refractivity contribution is 5.95. The van der Waals surface area contributed by atoms with E-state index in [4.69, 9.17) is 0 Å². The molecule has 1 atom stereocenters. The number of aromatic hydroxyl groups is 1. The minimum absolute atomic E-state index is 0.0338. The Morgan fingerprint density at radius 2 is 2.25 bits per heavy atom. The molecule has 1 aliphatic heterocycles. The summed E-state index contributed by atoms with van der Waals surface area (Å²) in [6.07, 6.45) is 3.05. The van der Waals surface area contributed by atoms with Crippen LogP contribution in [0.25, 0.3) is 11.0 Å². The minimum atomic E-state index is -0.338. The number of fused-ring (bicyclic) bond motifs is 1. The van der Waals surface area contributed by atoms with Crippen LogP contribution in [0, 0.1) is 5.82 Å². The summed E-state index contributed by atoms with van der Waals surface area (Å²) in [4.78, 5) is 25.9. The highest BCUT2D eigenvalue weighted by Crippen LogP contribution is 2.33. The van der Waals surface area contributed by atoms with E-state index in [1.165, 1.54) is 24.4 Å². The number of nitrogens with one attached hydrogen (secondary N) is 1. The number of halogens is 1. The third-order valence-corrected chi connectivity index (χ3v) is 4.28.